The SMILES string of the molecule is O=C(NC[C@H]1CCCO1)[C@@H]1CC(=O)N(c2ccc(OCC(=O)N3CCCC3)cc2)C1. The van der Waals surface area contributed by atoms with Gasteiger partial charge in [-0.2, -0.15) is 0 Å². The summed E-state index contributed by atoms with van der Waals surface area (Å²) in [6.07, 6.45) is 4.40. The van der Waals surface area contributed by atoms with Crippen LogP contribution < -0.4 is 15.0 Å². The van der Waals surface area contributed by atoms with Crippen molar-refractivity contribution in [3.8, 4) is 5.75 Å². The molecule has 4 rings (SSSR count). The van der Waals surface area contributed by atoms with E-state index in [0.717, 1.165) is 51.1 Å². The van der Waals surface area contributed by atoms with E-state index in [1.165, 1.54) is 0 Å². The topological polar surface area (TPSA) is 88.2 Å². The van der Waals surface area contributed by atoms with Crippen LogP contribution in [0.25, 0.3) is 0 Å². The molecule has 2 atom stereocenters. The van der Waals surface area contributed by atoms with Gasteiger partial charge in [-0.05, 0) is 49.9 Å². The average molecular weight is 415 g/mol. The maximum atomic E-state index is 12.4. The van der Waals surface area contributed by atoms with Gasteiger partial charge in [0.05, 0.1) is 12.0 Å². The molecule has 3 amide bonds. The summed E-state index contributed by atoms with van der Waals surface area (Å²) in [5.41, 5.74) is 0.729. The van der Waals surface area contributed by atoms with Gasteiger partial charge in [-0.3, -0.25) is 14.4 Å². The third-order valence-corrected chi connectivity index (χ3v) is 5.99. The zero-order chi connectivity index (χ0) is 20.9. The quantitative estimate of drug-likeness (QED) is 0.726. The molecule has 3 aliphatic rings. The fourth-order valence-corrected chi connectivity index (χ4v) is 4.22. The molecule has 0 radical (unpaired) electrons. The average Bonchev–Trinajstić information content (AvgIpc) is 3.52. The van der Waals surface area contributed by atoms with Gasteiger partial charge in [0.15, 0.2) is 6.61 Å². The molecule has 0 aliphatic carbocycles. The standard InChI is InChI=1S/C22H29N3O5/c26-20-12-16(22(28)23-13-19-4-3-11-29-19)14-25(20)17-5-7-18(8-6-17)30-15-21(27)24-9-1-2-10-24/h5-8,16,19H,1-4,9-15H2,(H,23,28)/t16-,19-/m1/s1. The first kappa shape index (κ1) is 20.7. The van der Waals surface area contributed by atoms with E-state index < -0.39 is 0 Å². The third kappa shape index (κ3) is 4.92. The van der Waals surface area contributed by atoms with Crippen molar-refractivity contribution in [1.82, 2.24) is 10.2 Å². The van der Waals surface area contributed by atoms with Crippen LogP contribution in [0.2, 0.25) is 0 Å². The predicted octanol–water partition coefficient (Wildman–Crippen LogP) is 1.34. The second kappa shape index (κ2) is 9.47. The first-order valence-corrected chi connectivity index (χ1v) is 10.8. The van der Waals surface area contributed by atoms with Crippen LogP contribution in [0.1, 0.15) is 32.1 Å². The summed E-state index contributed by atoms with van der Waals surface area (Å²) in [7, 11) is 0. The van der Waals surface area contributed by atoms with Crippen LogP contribution in [-0.2, 0) is 19.1 Å². The fraction of sp³-hybridized carbons (Fsp3) is 0.591. The lowest BCUT2D eigenvalue weighted by atomic mass is 10.1. The minimum absolute atomic E-state index is 0.00292. The predicted molar refractivity (Wildman–Crippen MR) is 110 cm³/mol. The van der Waals surface area contributed by atoms with Gasteiger partial charge in [0.25, 0.3) is 5.91 Å². The van der Waals surface area contributed by atoms with Gasteiger partial charge < -0.3 is 24.6 Å². The molecule has 0 saturated carbocycles. The van der Waals surface area contributed by atoms with Gasteiger partial charge in [0.1, 0.15) is 5.75 Å². The first-order chi connectivity index (χ1) is 14.6. The maximum absolute atomic E-state index is 12.4. The van der Waals surface area contributed by atoms with Crippen molar-refractivity contribution in [1.29, 1.82) is 0 Å². The molecule has 8 heteroatoms. The third-order valence-electron chi connectivity index (χ3n) is 5.99. The molecule has 162 valence electrons. The van der Waals surface area contributed by atoms with Crippen LogP contribution in [0.4, 0.5) is 5.69 Å². The van der Waals surface area contributed by atoms with Crippen LogP contribution in [0.3, 0.4) is 0 Å². The Morgan fingerprint density at radius 3 is 2.60 bits per heavy atom. The molecule has 3 fully saturated rings. The number of hydrogen-bond acceptors (Lipinski definition) is 5. The summed E-state index contributed by atoms with van der Waals surface area (Å²) in [5.74, 6) is 0.0757. The highest BCUT2D eigenvalue weighted by Crippen LogP contribution is 2.27. The van der Waals surface area contributed by atoms with Crippen molar-refractivity contribution in [3.05, 3.63) is 24.3 Å². The number of benzene rings is 1. The van der Waals surface area contributed by atoms with E-state index in [1.54, 1.807) is 29.2 Å². The summed E-state index contributed by atoms with van der Waals surface area (Å²) in [4.78, 5) is 40.4. The minimum Gasteiger partial charge on any atom is -0.484 e. The van der Waals surface area contributed by atoms with Gasteiger partial charge >= 0.3 is 0 Å². The van der Waals surface area contributed by atoms with E-state index in [1.807, 2.05) is 4.90 Å². The summed E-state index contributed by atoms with van der Waals surface area (Å²) < 4.78 is 11.1. The molecular formula is C22H29N3O5. The molecule has 3 aliphatic heterocycles. The Balaban J connectivity index is 1.26. The van der Waals surface area contributed by atoms with E-state index in [4.69, 9.17) is 9.47 Å². The molecule has 0 aromatic heterocycles. The smallest absolute Gasteiger partial charge is 0.260 e. The molecule has 3 heterocycles. The number of amides is 3. The fourth-order valence-electron chi connectivity index (χ4n) is 4.22. The Morgan fingerprint density at radius 2 is 1.90 bits per heavy atom. The van der Waals surface area contributed by atoms with Crippen molar-refractivity contribution < 1.29 is 23.9 Å². The second-order valence-corrected chi connectivity index (χ2v) is 8.16. The number of ether oxygens (including phenoxy) is 2. The van der Waals surface area contributed by atoms with Crippen LogP contribution in [0, 0.1) is 5.92 Å². The number of nitrogens with zero attached hydrogens (tertiary/aromatic N) is 2. The van der Waals surface area contributed by atoms with Crippen molar-refractivity contribution in [3.63, 3.8) is 0 Å². The highest BCUT2D eigenvalue weighted by Gasteiger charge is 2.35. The monoisotopic (exact) mass is 415 g/mol. The zero-order valence-electron chi connectivity index (χ0n) is 17.2. The highest BCUT2D eigenvalue weighted by atomic mass is 16.5. The molecule has 0 unspecified atom stereocenters. The van der Waals surface area contributed by atoms with E-state index in [0.29, 0.717) is 18.8 Å². The van der Waals surface area contributed by atoms with E-state index in [2.05, 4.69) is 5.32 Å². The molecule has 0 bridgehead atoms. The zero-order valence-corrected chi connectivity index (χ0v) is 17.2. The normalized spacial score (nSPS) is 23.8. The summed E-state index contributed by atoms with van der Waals surface area (Å²) in [5, 5.41) is 2.92. The Hall–Kier alpha value is -2.61. The van der Waals surface area contributed by atoms with E-state index in [-0.39, 0.29) is 42.8 Å². The van der Waals surface area contributed by atoms with Crippen LogP contribution in [0.15, 0.2) is 24.3 Å². The first-order valence-electron chi connectivity index (χ1n) is 10.8. The number of likely N-dealkylation sites (tertiary alicyclic amines) is 1. The number of anilines is 1. The molecule has 1 aromatic carbocycles. The van der Waals surface area contributed by atoms with Crippen LogP contribution in [0.5, 0.6) is 5.75 Å². The number of carbonyl (C=O) groups excluding carboxylic acids is 3. The van der Waals surface area contributed by atoms with Crippen molar-refractivity contribution in [2.75, 3.05) is 44.3 Å². The van der Waals surface area contributed by atoms with Gasteiger partial charge in [-0.1, -0.05) is 0 Å². The minimum atomic E-state index is -0.354. The highest BCUT2D eigenvalue weighted by molar-refractivity contribution is 6.00. The van der Waals surface area contributed by atoms with Crippen molar-refractivity contribution in [2.24, 2.45) is 5.92 Å². The Labute approximate surface area is 176 Å². The molecule has 1 N–H and O–H groups in total. The van der Waals surface area contributed by atoms with E-state index >= 15 is 0 Å². The molecular weight excluding hydrogens is 386 g/mol. The van der Waals surface area contributed by atoms with Crippen molar-refractivity contribution >= 4 is 23.4 Å². The number of carbonyl (C=O) groups is 3. The number of rotatable bonds is 7. The number of nitrogens with one attached hydrogen (secondary N) is 1. The van der Waals surface area contributed by atoms with Crippen molar-refractivity contribution in [2.45, 2.75) is 38.2 Å². The summed E-state index contributed by atoms with van der Waals surface area (Å²) in [6.45, 7) is 3.26. The maximum Gasteiger partial charge on any atom is 0.260 e. The molecule has 8 nitrogen and oxygen atoms in total. The lowest BCUT2D eigenvalue weighted by molar-refractivity contribution is -0.132. The van der Waals surface area contributed by atoms with Gasteiger partial charge in [-0.15, -0.1) is 0 Å². The molecule has 3 saturated heterocycles. The Morgan fingerprint density at radius 1 is 1.13 bits per heavy atom. The summed E-state index contributed by atoms with van der Waals surface area (Å²) in [6, 6.07) is 7.09. The summed E-state index contributed by atoms with van der Waals surface area (Å²) >= 11 is 0. The molecule has 1 aromatic rings. The van der Waals surface area contributed by atoms with Gasteiger partial charge in [-0.25, -0.2) is 0 Å². The molecule has 30 heavy (non-hydrogen) atoms. The second-order valence-electron chi connectivity index (χ2n) is 8.16. The molecule has 0 spiro atoms. The largest absolute Gasteiger partial charge is 0.484 e. The van der Waals surface area contributed by atoms with Gasteiger partial charge in [0.2, 0.25) is 11.8 Å². The van der Waals surface area contributed by atoms with Crippen LogP contribution >= 0.6 is 0 Å². The Bertz CT molecular complexity index is 769. The lowest BCUT2D eigenvalue weighted by Crippen LogP contribution is -2.37. The van der Waals surface area contributed by atoms with E-state index in [9.17, 15) is 14.4 Å². The Kier molecular flexibility index (Phi) is 6.52. The number of hydrogen-bond donors (Lipinski definition) is 1. The lowest BCUT2D eigenvalue weighted by Gasteiger charge is -2.18. The van der Waals surface area contributed by atoms with Gasteiger partial charge in [0, 0.05) is 44.9 Å². The van der Waals surface area contributed by atoms with Crippen LogP contribution in [-0.4, -0.2) is 68.1 Å².